The monoisotopic (exact) mass is 384 g/mol. The molecule has 0 aromatic heterocycles. The number of hydrogen-bond acceptors (Lipinski definition) is 3. The molecule has 0 heterocycles. The van der Waals surface area contributed by atoms with Crippen molar-refractivity contribution >= 4 is 35.0 Å². The lowest BCUT2D eigenvalue weighted by molar-refractivity contribution is -0.130. The molecule has 0 saturated heterocycles. The first-order valence-corrected chi connectivity index (χ1v) is 9.48. The molecule has 136 valence electrons. The van der Waals surface area contributed by atoms with Crippen LogP contribution in [-0.4, -0.2) is 18.4 Å². The van der Waals surface area contributed by atoms with Gasteiger partial charge < -0.3 is 4.74 Å². The molecular weight excluding hydrogens is 363 g/mol. The van der Waals surface area contributed by atoms with Gasteiger partial charge in [-0.1, -0.05) is 36.0 Å². The lowest BCUT2D eigenvalue weighted by atomic mass is 10.0. The van der Waals surface area contributed by atoms with Crippen molar-refractivity contribution in [2.24, 2.45) is 17.8 Å². The zero-order valence-electron chi connectivity index (χ0n) is 13.9. The van der Waals surface area contributed by atoms with Gasteiger partial charge in [0.05, 0.1) is 11.6 Å². The number of amides is 2. The first-order valence-electron chi connectivity index (χ1n) is 8.73. The number of hydrazine groups is 1. The van der Waals surface area contributed by atoms with E-state index in [1.165, 1.54) is 12.8 Å². The minimum atomic E-state index is -0.220. The van der Waals surface area contributed by atoms with Crippen LogP contribution in [0.1, 0.15) is 38.5 Å². The predicted molar refractivity (Wildman–Crippen MR) is 96.4 cm³/mol. The fraction of sp³-hybridized carbons (Fsp3) is 0.556. The number of carbonyl (C=O) groups is 2. The van der Waals surface area contributed by atoms with E-state index in [-0.39, 0.29) is 24.2 Å². The van der Waals surface area contributed by atoms with Crippen LogP contribution in [0.3, 0.4) is 0 Å². The highest BCUT2D eigenvalue weighted by molar-refractivity contribution is 6.35. The van der Waals surface area contributed by atoms with E-state index in [1.807, 2.05) is 0 Å². The maximum Gasteiger partial charge on any atom is 0.242 e. The number of halogens is 2. The molecule has 7 heteroatoms. The van der Waals surface area contributed by atoms with Crippen LogP contribution in [-0.2, 0) is 9.59 Å². The largest absolute Gasteiger partial charge is 0.492 e. The Morgan fingerprint density at radius 3 is 2.52 bits per heavy atom. The van der Waals surface area contributed by atoms with Crippen LogP contribution in [0.4, 0.5) is 0 Å². The summed E-state index contributed by atoms with van der Waals surface area (Å²) in [4.78, 5) is 23.9. The number of fused-ring (bicyclic) bond motifs is 1. The molecule has 2 aliphatic carbocycles. The lowest BCUT2D eigenvalue weighted by Crippen LogP contribution is -2.42. The maximum atomic E-state index is 12.1. The summed E-state index contributed by atoms with van der Waals surface area (Å²) in [5, 5.41) is 0.984. The number of nitrogens with one attached hydrogen (secondary N) is 2. The van der Waals surface area contributed by atoms with Crippen LogP contribution in [0, 0.1) is 17.8 Å². The molecule has 0 unspecified atom stereocenters. The third kappa shape index (κ3) is 4.79. The molecule has 2 aliphatic rings. The van der Waals surface area contributed by atoms with E-state index >= 15 is 0 Å². The van der Waals surface area contributed by atoms with Gasteiger partial charge in [-0.3, -0.25) is 20.4 Å². The maximum absolute atomic E-state index is 12.1. The molecule has 0 bridgehead atoms. The SMILES string of the molecule is O=C(CCCOc1ccc(Cl)cc1Cl)NNC(=O)C1[C@@H]2CCCC[C@@H]12. The smallest absolute Gasteiger partial charge is 0.242 e. The van der Waals surface area contributed by atoms with Crippen LogP contribution in [0.25, 0.3) is 0 Å². The van der Waals surface area contributed by atoms with Gasteiger partial charge in [-0.2, -0.15) is 0 Å². The predicted octanol–water partition coefficient (Wildman–Crippen LogP) is 3.74. The number of benzene rings is 1. The van der Waals surface area contributed by atoms with Crippen molar-refractivity contribution in [3.05, 3.63) is 28.2 Å². The molecule has 2 atom stereocenters. The Morgan fingerprint density at radius 1 is 1.12 bits per heavy atom. The van der Waals surface area contributed by atoms with E-state index in [4.69, 9.17) is 27.9 Å². The standard InChI is InChI=1S/C18H22Cl2N2O3/c19-11-7-8-15(14(20)10-11)25-9-3-6-16(23)21-22-18(24)17-12-4-1-2-5-13(12)17/h7-8,10,12-13,17H,1-6,9H2,(H,21,23)(H,22,24)/t12-,13-/m1/s1. The van der Waals surface area contributed by atoms with Crippen LogP contribution < -0.4 is 15.6 Å². The van der Waals surface area contributed by atoms with Crippen LogP contribution in [0.2, 0.25) is 10.0 Å². The van der Waals surface area contributed by atoms with E-state index in [0.717, 1.165) is 12.8 Å². The fourth-order valence-corrected chi connectivity index (χ4v) is 4.13. The average molecular weight is 385 g/mol. The van der Waals surface area contributed by atoms with Crippen molar-refractivity contribution < 1.29 is 14.3 Å². The Labute approximate surface area is 157 Å². The first-order chi connectivity index (χ1) is 12.1. The van der Waals surface area contributed by atoms with Gasteiger partial charge in [0.2, 0.25) is 11.8 Å². The molecule has 2 saturated carbocycles. The van der Waals surface area contributed by atoms with Gasteiger partial charge in [0.25, 0.3) is 0 Å². The second-order valence-corrected chi connectivity index (χ2v) is 7.55. The normalized spacial score (nSPS) is 24.2. The summed E-state index contributed by atoms with van der Waals surface area (Å²) in [6, 6.07) is 5.00. The van der Waals surface area contributed by atoms with E-state index < -0.39 is 0 Å². The minimum absolute atomic E-state index is 0.0468. The fourth-order valence-electron chi connectivity index (χ4n) is 3.67. The van der Waals surface area contributed by atoms with E-state index in [9.17, 15) is 9.59 Å². The van der Waals surface area contributed by atoms with E-state index in [2.05, 4.69) is 10.9 Å². The molecule has 3 rings (SSSR count). The van der Waals surface area contributed by atoms with Crippen molar-refractivity contribution in [1.82, 2.24) is 10.9 Å². The Kier molecular flexibility index (Phi) is 6.07. The molecule has 1 aromatic rings. The molecule has 5 nitrogen and oxygen atoms in total. The Morgan fingerprint density at radius 2 is 1.84 bits per heavy atom. The highest BCUT2D eigenvalue weighted by Crippen LogP contribution is 2.55. The van der Waals surface area contributed by atoms with Gasteiger partial charge in [0.1, 0.15) is 5.75 Å². The Bertz CT molecular complexity index is 641. The van der Waals surface area contributed by atoms with Crippen LogP contribution in [0.15, 0.2) is 18.2 Å². The van der Waals surface area contributed by atoms with Crippen molar-refractivity contribution in [3.8, 4) is 5.75 Å². The van der Waals surface area contributed by atoms with Gasteiger partial charge in [-0.05, 0) is 49.3 Å². The third-order valence-corrected chi connectivity index (χ3v) is 5.51. The first kappa shape index (κ1) is 18.3. The summed E-state index contributed by atoms with van der Waals surface area (Å²) in [5.74, 6) is 1.43. The molecule has 0 spiro atoms. The van der Waals surface area contributed by atoms with Gasteiger partial charge in [0, 0.05) is 17.4 Å². The summed E-state index contributed by atoms with van der Waals surface area (Å²) in [5.41, 5.74) is 5.05. The highest BCUT2D eigenvalue weighted by atomic mass is 35.5. The van der Waals surface area contributed by atoms with Crippen molar-refractivity contribution in [3.63, 3.8) is 0 Å². The molecular formula is C18H22Cl2N2O3. The van der Waals surface area contributed by atoms with E-state index in [0.29, 0.717) is 40.7 Å². The molecule has 0 radical (unpaired) electrons. The Balaban J connectivity index is 1.30. The molecule has 2 fully saturated rings. The van der Waals surface area contributed by atoms with Crippen molar-refractivity contribution in [1.29, 1.82) is 0 Å². The van der Waals surface area contributed by atoms with Crippen molar-refractivity contribution in [2.45, 2.75) is 38.5 Å². The van der Waals surface area contributed by atoms with Gasteiger partial charge in [0.15, 0.2) is 0 Å². The summed E-state index contributed by atoms with van der Waals surface area (Å²) in [6.07, 6.45) is 5.50. The lowest BCUT2D eigenvalue weighted by Gasteiger charge is -2.09. The summed E-state index contributed by atoms with van der Waals surface area (Å²) >= 11 is 11.8. The van der Waals surface area contributed by atoms with E-state index in [1.54, 1.807) is 18.2 Å². The quantitative estimate of drug-likeness (QED) is 0.579. The van der Waals surface area contributed by atoms with Crippen LogP contribution >= 0.6 is 23.2 Å². The molecule has 2 N–H and O–H groups in total. The minimum Gasteiger partial charge on any atom is -0.492 e. The summed E-state index contributed by atoms with van der Waals surface area (Å²) in [6.45, 7) is 0.357. The number of hydrogen-bond donors (Lipinski definition) is 2. The topological polar surface area (TPSA) is 67.4 Å². The zero-order chi connectivity index (χ0) is 17.8. The second kappa shape index (κ2) is 8.28. The number of ether oxygens (including phenoxy) is 1. The third-order valence-electron chi connectivity index (χ3n) is 4.98. The van der Waals surface area contributed by atoms with Crippen LogP contribution in [0.5, 0.6) is 5.75 Å². The van der Waals surface area contributed by atoms with Gasteiger partial charge in [-0.25, -0.2) is 0 Å². The van der Waals surface area contributed by atoms with Gasteiger partial charge in [-0.15, -0.1) is 0 Å². The molecule has 1 aromatic carbocycles. The second-order valence-electron chi connectivity index (χ2n) is 6.70. The number of rotatable bonds is 6. The summed E-state index contributed by atoms with van der Waals surface area (Å²) < 4.78 is 5.52. The molecule has 2 amide bonds. The Hall–Kier alpha value is -1.46. The molecule has 0 aliphatic heterocycles. The average Bonchev–Trinajstić information content (AvgIpc) is 3.32. The summed E-state index contributed by atoms with van der Waals surface area (Å²) in [7, 11) is 0. The highest BCUT2D eigenvalue weighted by Gasteiger charge is 2.54. The molecule has 25 heavy (non-hydrogen) atoms. The zero-order valence-corrected chi connectivity index (χ0v) is 15.4. The van der Waals surface area contributed by atoms with Gasteiger partial charge >= 0.3 is 0 Å². The number of carbonyl (C=O) groups excluding carboxylic acids is 2. The van der Waals surface area contributed by atoms with Crippen molar-refractivity contribution in [2.75, 3.05) is 6.61 Å².